The lowest BCUT2D eigenvalue weighted by atomic mass is 9.42. The highest BCUT2D eigenvalue weighted by atomic mass is 16.3. The van der Waals surface area contributed by atoms with Gasteiger partial charge in [0.1, 0.15) is 11.2 Å². The summed E-state index contributed by atoms with van der Waals surface area (Å²) in [4.78, 5) is 5.23. The van der Waals surface area contributed by atoms with E-state index in [1.54, 1.807) is 0 Å². The molecule has 0 amide bonds. The first-order chi connectivity index (χ1) is 30.1. The van der Waals surface area contributed by atoms with E-state index >= 15 is 0 Å². The fourth-order valence-corrected chi connectivity index (χ4v) is 10.1. The van der Waals surface area contributed by atoms with Crippen LogP contribution in [0.2, 0.25) is 0 Å². The number of rotatable bonds is 10. The van der Waals surface area contributed by atoms with Crippen LogP contribution in [-0.2, 0) is 12.8 Å². The summed E-state index contributed by atoms with van der Waals surface area (Å²) in [6.45, 7) is 6.66. The Kier molecular flexibility index (Phi) is 9.38. The van der Waals surface area contributed by atoms with Gasteiger partial charge in [-0.15, -0.1) is 0 Å². The Bertz CT molecular complexity index is 3080. The molecule has 1 aromatic heterocycles. The molecule has 2 aliphatic heterocycles. The van der Waals surface area contributed by atoms with Crippen LogP contribution in [0.4, 0.5) is 28.4 Å². The highest BCUT2D eigenvalue weighted by Crippen LogP contribution is 2.50. The minimum atomic E-state index is -0.148. The predicted molar refractivity (Wildman–Crippen MR) is 260 cm³/mol. The van der Waals surface area contributed by atoms with E-state index in [2.05, 4.69) is 200 Å². The summed E-state index contributed by atoms with van der Waals surface area (Å²) in [6, 6.07) is 63.6. The van der Waals surface area contributed by atoms with E-state index in [1.807, 2.05) is 0 Å². The van der Waals surface area contributed by atoms with Crippen molar-refractivity contribution in [1.82, 2.24) is 0 Å². The predicted octanol–water partition coefficient (Wildman–Crippen LogP) is 14.6. The molecule has 0 atom stereocenters. The topological polar surface area (TPSA) is 19.6 Å². The Morgan fingerprint density at radius 3 is 1.93 bits per heavy atom. The summed E-state index contributed by atoms with van der Waals surface area (Å²) in [5.74, 6) is 0. The number of furan rings is 1. The summed E-state index contributed by atoms with van der Waals surface area (Å²) < 4.78 is 6.76. The summed E-state index contributed by atoms with van der Waals surface area (Å²) in [7, 11) is 0. The summed E-state index contributed by atoms with van der Waals surface area (Å²) in [5.41, 5.74) is 21.8. The SMILES string of the molecule is CCCCc1ccc(N2B3c4c(cc(C)cc4N(c4ccc(CCCC)cc4-c4ccccc4)c4ccc5oc6ccccc6c5c43)-c3ccc(-c4ccccc4)cc32)cc1. The van der Waals surface area contributed by atoms with Gasteiger partial charge in [0, 0.05) is 44.6 Å². The van der Waals surface area contributed by atoms with Gasteiger partial charge in [-0.05, 0) is 137 Å². The zero-order valence-electron chi connectivity index (χ0n) is 35.3. The standard InChI is InChI=1S/C57H49BN2O/c1-4-6-16-39-24-28-44(29-25-39)60-51-37-43(41-18-10-8-11-19-41)27-30-45(51)48-34-38(3)35-52-56(48)58(60)57-50(32-33-54-55(57)46-22-14-15-23-53(46)61-54)59(52)49-31-26-40(17-7-5-2)36-47(49)42-20-12-9-13-21-42/h8-15,18-37H,4-7,16-17H2,1-3H3. The average Bonchev–Trinajstić information content (AvgIpc) is 3.70. The minimum absolute atomic E-state index is 0.148. The van der Waals surface area contributed by atoms with Gasteiger partial charge in [-0.25, -0.2) is 0 Å². The summed E-state index contributed by atoms with van der Waals surface area (Å²) >= 11 is 0. The van der Waals surface area contributed by atoms with Gasteiger partial charge in [-0.3, -0.25) is 0 Å². The van der Waals surface area contributed by atoms with Crippen molar-refractivity contribution < 1.29 is 4.42 Å². The first kappa shape index (κ1) is 37.2. The van der Waals surface area contributed by atoms with Crippen LogP contribution in [0.1, 0.15) is 56.2 Å². The van der Waals surface area contributed by atoms with E-state index in [1.165, 1.54) is 121 Å². The molecular formula is C57H49BN2O. The number of fused-ring (bicyclic) bond motifs is 8. The van der Waals surface area contributed by atoms with Crippen LogP contribution in [-0.4, -0.2) is 6.85 Å². The second-order valence-electron chi connectivity index (χ2n) is 17.0. The highest BCUT2D eigenvalue weighted by molar-refractivity contribution is 6.95. The molecule has 0 spiro atoms. The second kappa shape index (κ2) is 15.4. The molecule has 0 saturated carbocycles. The van der Waals surface area contributed by atoms with E-state index in [9.17, 15) is 0 Å². The zero-order chi connectivity index (χ0) is 41.0. The van der Waals surface area contributed by atoms with Gasteiger partial charge in [0.05, 0.1) is 5.69 Å². The summed E-state index contributed by atoms with van der Waals surface area (Å²) in [6.07, 6.45) is 6.84. The molecule has 3 nitrogen and oxygen atoms in total. The molecule has 0 aliphatic carbocycles. The highest BCUT2D eigenvalue weighted by Gasteiger charge is 2.47. The van der Waals surface area contributed by atoms with Crippen LogP contribution in [0.3, 0.4) is 0 Å². The van der Waals surface area contributed by atoms with Crippen LogP contribution in [0.5, 0.6) is 0 Å². The number of aryl methyl sites for hydroxylation is 3. The molecule has 4 heteroatoms. The smallest absolute Gasteiger partial charge is 0.333 e. The van der Waals surface area contributed by atoms with Crippen molar-refractivity contribution in [3.8, 4) is 33.4 Å². The molecule has 0 unspecified atom stereocenters. The molecule has 296 valence electrons. The van der Waals surface area contributed by atoms with E-state index < -0.39 is 0 Å². The third kappa shape index (κ3) is 6.27. The third-order valence-electron chi connectivity index (χ3n) is 13.0. The fraction of sp³-hybridized carbons (Fsp3) is 0.158. The van der Waals surface area contributed by atoms with Crippen molar-refractivity contribution in [1.29, 1.82) is 0 Å². The molecule has 11 rings (SSSR count). The number of anilines is 5. The lowest BCUT2D eigenvalue weighted by Gasteiger charge is -2.46. The molecule has 0 fully saturated rings. The van der Waals surface area contributed by atoms with Crippen molar-refractivity contribution in [3.63, 3.8) is 0 Å². The number of nitrogens with zero attached hydrogens (tertiary/aromatic N) is 2. The number of hydrogen-bond acceptors (Lipinski definition) is 3. The van der Waals surface area contributed by atoms with Crippen LogP contribution in [0.25, 0.3) is 55.3 Å². The van der Waals surface area contributed by atoms with Crippen LogP contribution >= 0.6 is 0 Å². The Morgan fingerprint density at radius 2 is 1.16 bits per heavy atom. The quantitative estimate of drug-likeness (QED) is 0.129. The van der Waals surface area contributed by atoms with E-state index in [0.29, 0.717) is 0 Å². The first-order valence-electron chi connectivity index (χ1n) is 22.2. The second-order valence-corrected chi connectivity index (χ2v) is 17.0. The zero-order valence-corrected chi connectivity index (χ0v) is 35.3. The number of hydrogen-bond donors (Lipinski definition) is 0. The van der Waals surface area contributed by atoms with Gasteiger partial charge in [0.15, 0.2) is 0 Å². The number of para-hydroxylation sites is 1. The van der Waals surface area contributed by atoms with Gasteiger partial charge >= 0.3 is 6.85 Å². The lowest BCUT2D eigenvalue weighted by molar-refractivity contribution is 0.669. The molecule has 0 radical (unpaired) electrons. The molecule has 0 bridgehead atoms. The lowest BCUT2D eigenvalue weighted by Crippen LogP contribution is -2.61. The van der Waals surface area contributed by atoms with Gasteiger partial charge in [0.25, 0.3) is 0 Å². The van der Waals surface area contributed by atoms with E-state index in [-0.39, 0.29) is 6.85 Å². The summed E-state index contributed by atoms with van der Waals surface area (Å²) in [5, 5.41) is 2.32. The molecule has 61 heavy (non-hydrogen) atoms. The molecule has 9 aromatic rings. The van der Waals surface area contributed by atoms with Crippen molar-refractivity contribution in [2.45, 2.75) is 59.3 Å². The largest absolute Gasteiger partial charge is 0.456 e. The Balaban J connectivity index is 1.25. The molecule has 3 heterocycles. The first-order valence-corrected chi connectivity index (χ1v) is 22.2. The van der Waals surface area contributed by atoms with Crippen molar-refractivity contribution in [2.24, 2.45) is 0 Å². The van der Waals surface area contributed by atoms with Crippen LogP contribution in [0.15, 0.2) is 174 Å². The maximum atomic E-state index is 6.76. The Morgan fingerprint density at radius 1 is 0.475 bits per heavy atom. The van der Waals surface area contributed by atoms with Crippen LogP contribution < -0.4 is 20.6 Å². The third-order valence-corrected chi connectivity index (χ3v) is 13.0. The van der Waals surface area contributed by atoms with E-state index in [0.717, 1.165) is 29.4 Å². The number of unbranched alkanes of at least 4 members (excludes halogenated alkanes) is 2. The molecule has 0 N–H and O–H groups in total. The Labute approximate surface area is 360 Å². The van der Waals surface area contributed by atoms with Gasteiger partial charge < -0.3 is 14.1 Å². The van der Waals surface area contributed by atoms with Gasteiger partial charge in [-0.1, -0.05) is 142 Å². The van der Waals surface area contributed by atoms with Crippen molar-refractivity contribution >= 4 is 68.1 Å². The van der Waals surface area contributed by atoms with Crippen molar-refractivity contribution in [2.75, 3.05) is 9.71 Å². The van der Waals surface area contributed by atoms with Crippen LogP contribution in [0, 0.1) is 6.92 Å². The van der Waals surface area contributed by atoms with Gasteiger partial charge in [0.2, 0.25) is 0 Å². The monoisotopic (exact) mass is 788 g/mol. The maximum Gasteiger partial charge on any atom is 0.333 e. The molecular weight excluding hydrogens is 739 g/mol. The Hall–Kier alpha value is -6.78. The molecule has 2 aliphatic rings. The van der Waals surface area contributed by atoms with Crippen molar-refractivity contribution in [3.05, 3.63) is 187 Å². The minimum Gasteiger partial charge on any atom is -0.456 e. The van der Waals surface area contributed by atoms with Gasteiger partial charge in [-0.2, -0.15) is 0 Å². The normalized spacial score (nSPS) is 12.8. The fourth-order valence-electron chi connectivity index (χ4n) is 10.1. The molecule has 0 saturated heterocycles. The average molecular weight is 789 g/mol. The van der Waals surface area contributed by atoms with E-state index in [4.69, 9.17) is 4.42 Å². The maximum absolute atomic E-state index is 6.76. The molecule has 8 aromatic carbocycles. The number of benzene rings is 8.